The van der Waals surface area contributed by atoms with E-state index in [2.05, 4.69) is 79.0 Å². The summed E-state index contributed by atoms with van der Waals surface area (Å²) < 4.78 is 3.21. The third-order valence-electron chi connectivity index (χ3n) is 5.81. The lowest BCUT2D eigenvalue weighted by atomic mass is 9.99. The minimum absolute atomic E-state index is 0.698. The first-order valence-electron chi connectivity index (χ1n) is 10.2. The van der Waals surface area contributed by atoms with Gasteiger partial charge in [0.05, 0.1) is 11.3 Å². The lowest BCUT2D eigenvalue weighted by molar-refractivity contribution is 0.575. The average Bonchev–Trinajstić information content (AvgIpc) is 3.15. The fourth-order valence-corrected chi connectivity index (χ4v) is 5.28. The molecule has 28 heavy (non-hydrogen) atoms. The lowest BCUT2D eigenvalue weighted by Crippen LogP contribution is -2.25. The zero-order valence-corrected chi connectivity index (χ0v) is 19.3. The topological polar surface area (TPSA) is 33.4 Å². The molecule has 1 aliphatic heterocycles. The number of aromatic nitrogens is 3. The van der Waals surface area contributed by atoms with Crippen LogP contribution in [0.3, 0.4) is 0 Å². The van der Waals surface area contributed by atoms with Crippen LogP contribution < -0.4 is 4.90 Å². The van der Waals surface area contributed by atoms with E-state index in [1.165, 1.54) is 34.5 Å². The maximum Gasteiger partial charge on any atom is 0.165 e. The smallest absolute Gasteiger partial charge is 0.165 e. The summed E-state index contributed by atoms with van der Waals surface area (Å²) >= 11 is 3.80. The predicted molar refractivity (Wildman–Crippen MR) is 120 cm³/mol. The molecule has 4 rings (SSSR count). The van der Waals surface area contributed by atoms with E-state index in [1.807, 2.05) is 0 Å². The fraction of sp³-hybridized carbons (Fsp3) is 0.478. The third kappa shape index (κ3) is 3.14. The van der Waals surface area contributed by atoms with E-state index in [0.29, 0.717) is 5.92 Å². The number of hydrogen-bond acceptors (Lipinski definition) is 3. The highest BCUT2D eigenvalue weighted by Crippen LogP contribution is 2.39. The Morgan fingerprint density at radius 2 is 1.82 bits per heavy atom. The monoisotopic (exact) mass is 440 g/mol. The summed E-state index contributed by atoms with van der Waals surface area (Å²) in [6, 6.07) is 4.42. The van der Waals surface area contributed by atoms with Crippen LogP contribution in [-0.4, -0.2) is 27.7 Å². The molecule has 0 saturated heterocycles. The molecular weight excluding hydrogens is 412 g/mol. The highest BCUT2D eigenvalue weighted by atomic mass is 79.9. The van der Waals surface area contributed by atoms with Gasteiger partial charge in [0.25, 0.3) is 0 Å². The van der Waals surface area contributed by atoms with Gasteiger partial charge in [0.1, 0.15) is 5.82 Å². The Labute approximate surface area is 176 Å². The molecule has 1 aromatic carbocycles. The predicted octanol–water partition coefficient (Wildman–Crippen LogP) is 5.80. The molecule has 0 bridgehead atoms. The van der Waals surface area contributed by atoms with Gasteiger partial charge in [0, 0.05) is 34.4 Å². The van der Waals surface area contributed by atoms with Crippen LogP contribution in [-0.2, 0) is 6.42 Å². The third-order valence-corrected chi connectivity index (χ3v) is 6.43. The van der Waals surface area contributed by atoms with Crippen LogP contribution in [0.5, 0.6) is 0 Å². The molecule has 0 unspecified atom stereocenters. The largest absolute Gasteiger partial charge is 0.356 e. The Kier molecular flexibility index (Phi) is 4.98. The van der Waals surface area contributed by atoms with Gasteiger partial charge in [-0.3, -0.25) is 0 Å². The number of benzene rings is 1. The van der Waals surface area contributed by atoms with Gasteiger partial charge in [-0.05, 0) is 63.6 Å². The minimum Gasteiger partial charge on any atom is -0.356 e. The molecule has 0 radical (unpaired) electrons. The van der Waals surface area contributed by atoms with E-state index in [1.54, 1.807) is 0 Å². The second-order valence-electron chi connectivity index (χ2n) is 8.55. The Morgan fingerprint density at radius 1 is 1.07 bits per heavy atom. The molecule has 0 fully saturated rings. The molecule has 3 heterocycles. The Morgan fingerprint density at radius 3 is 2.50 bits per heavy atom. The van der Waals surface area contributed by atoms with Gasteiger partial charge in [-0.1, -0.05) is 35.8 Å². The van der Waals surface area contributed by atoms with Gasteiger partial charge in [-0.25, -0.2) is 4.98 Å². The van der Waals surface area contributed by atoms with E-state index in [-0.39, 0.29) is 0 Å². The second-order valence-corrected chi connectivity index (χ2v) is 9.41. The maximum absolute atomic E-state index is 5.03. The first-order valence-corrected chi connectivity index (χ1v) is 11.0. The van der Waals surface area contributed by atoms with Crippen LogP contribution in [0.15, 0.2) is 16.6 Å². The van der Waals surface area contributed by atoms with Crippen molar-refractivity contribution in [2.24, 2.45) is 5.92 Å². The van der Waals surface area contributed by atoms with Crippen LogP contribution >= 0.6 is 15.9 Å². The molecule has 5 heteroatoms. The van der Waals surface area contributed by atoms with Crippen LogP contribution in [0.25, 0.3) is 16.8 Å². The van der Waals surface area contributed by atoms with Crippen molar-refractivity contribution in [2.45, 2.75) is 54.4 Å². The quantitative estimate of drug-likeness (QED) is 0.513. The molecule has 4 nitrogen and oxygen atoms in total. The van der Waals surface area contributed by atoms with Crippen LogP contribution in [0.2, 0.25) is 0 Å². The number of halogens is 1. The zero-order chi connectivity index (χ0) is 20.2. The summed E-state index contributed by atoms with van der Waals surface area (Å²) in [5, 5.41) is 4.98. The van der Waals surface area contributed by atoms with Gasteiger partial charge >= 0.3 is 0 Å². The summed E-state index contributed by atoms with van der Waals surface area (Å²) in [6.45, 7) is 15.3. The summed E-state index contributed by atoms with van der Waals surface area (Å²) in [7, 11) is 0. The van der Waals surface area contributed by atoms with E-state index in [9.17, 15) is 0 Å². The number of nitrogens with zero attached hydrogens (tertiary/aromatic N) is 4. The highest BCUT2D eigenvalue weighted by Gasteiger charge is 2.28. The van der Waals surface area contributed by atoms with Gasteiger partial charge in [-0.15, -0.1) is 0 Å². The number of rotatable bonds is 4. The molecule has 2 aromatic heterocycles. The zero-order valence-electron chi connectivity index (χ0n) is 17.7. The second kappa shape index (κ2) is 7.18. The van der Waals surface area contributed by atoms with Crippen LogP contribution in [0.4, 0.5) is 5.82 Å². The van der Waals surface area contributed by atoms with E-state index < -0.39 is 0 Å². The van der Waals surface area contributed by atoms with Crippen molar-refractivity contribution in [2.75, 3.05) is 18.0 Å². The number of hydrogen-bond donors (Lipinski definition) is 0. The fourth-order valence-electron chi connectivity index (χ4n) is 4.41. The van der Waals surface area contributed by atoms with Gasteiger partial charge < -0.3 is 4.90 Å². The molecule has 0 spiro atoms. The first kappa shape index (κ1) is 19.4. The summed E-state index contributed by atoms with van der Waals surface area (Å²) in [5.41, 5.74) is 9.35. The van der Waals surface area contributed by atoms with Crippen LogP contribution in [0.1, 0.15) is 48.3 Å². The summed E-state index contributed by atoms with van der Waals surface area (Å²) in [4.78, 5) is 7.54. The molecule has 1 aliphatic rings. The van der Waals surface area contributed by atoms with Gasteiger partial charge in [0.15, 0.2) is 5.65 Å². The van der Waals surface area contributed by atoms with Crippen LogP contribution in [0, 0.1) is 33.6 Å². The summed E-state index contributed by atoms with van der Waals surface area (Å²) in [6.07, 6.45) is 2.25. The molecule has 3 aromatic rings. The SMILES string of the molecule is Cc1cc(C)c(-c2c(C)nn3c4c(c(C)nc23)CCN4CCC(C)C)c(Br)c1. The average molecular weight is 441 g/mol. The molecule has 0 saturated carbocycles. The van der Waals surface area contributed by atoms with E-state index in [0.717, 1.165) is 46.6 Å². The number of fused-ring (bicyclic) bond motifs is 3. The van der Waals surface area contributed by atoms with Gasteiger partial charge in [0.2, 0.25) is 0 Å². The van der Waals surface area contributed by atoms with Crippen molar-refractivity contribution in [1.29, 1.82) is 0 Å². The van der Waals surface area contributed by atoms with Crippen molar-refractivity contribution in [3.05, 3.63) is 44.7 Å². The molecule has 0 N–H and O–H groups in total. The van der Waals surface area contributed by atoms with Gasteiger partial charge in [-0.2, -0.15) is 9.61 Å². The molecule has 0 atom stereocenters. The van der Waals surface area contributed by atoms with Crippen molar-refractivity contribution in [3.63, 3.8) is 0 Å². The van der Waals surface area contributed by atoms with Crippen molar-refractivity contribution < 1.29 is 0 Å². The normalized spacial score (nSPS) is 13.8. The molecular formula is C23H29BrN4. The highest BCUT2D eigenvalue weighted by molar-refractivity contribution is 9.10. The Balaban J connectivity index is 1.94. The standard InChI is InChI=1S/C23H29BrN4/c1-13(2)7-9-27-10-8-18-16(5)25-22-21(17(6)26-28(22)23(18)27)20-15(4)11-14(3)12-19(20)24/h11-13H,7-10H2,1-6H3. The van der Waals surface area contributed by atoms with Crippen molar-refractivity contribution in [3.8, 4) is 11.1 Å². The molecule has 0 aliphatic carbocycles. The Hall–Kier alpha value is -1.88. The number of anilines is 1. The number of aryl methyl sites for hydroxylation is 4. The van der Waals surface area contributed by atoms with E-state index >= 15 is 0 Å². The Bertz CT molecular complexity index is 1040. The molecule has 148 valence electrons. The summed E-state index contributed by atoms with van der Waals surface area (Å²) in [5.74, 6) is 1.95. The van der Waals surface area contributed by atoms with E-state index in [4.69, 9.17) is 10.1 Å². The lowest BCUT2D eigenvalue weighted by Gasteiger charge is -2.21. The van der Waals surface area contributed by atoms with Crippen molar-refractivity contribution in [1.82, 2.24) is 14.6 Å². The minimum atomic E-state index is 0.698. The van der Waals surface area contributed by atoms with Crippen molar-refractivity contribution >= 4 is 27.4 Å². The first-order chi connectivity index (χ1) is 13.3. The molecule has 0 amide bonds. The maximum atomic E-state index is 5.03.